The molecule has 0 aliphatic rings. The summed E-state index contributed by atoms with van der Waals surface area (Å²) in [5.41, 5.74) is 6.75. The van der Waals surface area contributed by atoms with E-state index in [4.69, 9.17) is 5.84 Å². The minimum absolute atomic E-state index is 0.232. The lowest BCUT2D eigenvalue weighted by atomic mass is 9.98. The van der Waals surface area contributed by atoms with Gasteiger partial charge in [0.2, 0.25) is 0 Å². The highest BCUT2D eigenvalue weighted by Crippen LogP contribution is 2.12. The van der Waals surface area contributed by atoms with Crippen LogP contribution in [0.15, 0.2) is 36.7 Å². The highest BCUT2D eigenvalue weighted by Gasteiger charge is 2.11. The first-order chi connectivity index (χ1) is 8.69. The topological polar surface area (TPSA) is 55.9 Å². The van der Waals surface area contributed by atoms with Crippen molar-refractivity contribution in [3.05, 3.63) is 53.3 Å². The average molecular weight is 244 g/mol. The van der Waals surface area contributed by atoms with E-state index in [0.29, 0.717) is 0 Å². The number of aryl methyl sites for hydroxylation is 2. The molecule has 1 aromatic carbocycles. The Labute approximate surface area is 108 Å². The number of rotatable bonds is 5. The lowest BCUT2D eigenvalue weighted by molar-refractivity contribution is 0.521. The van der Waals surface area contributed by atoms with Crippen LogP contribution in [-0.2, 0) is 19.9 Å². The molecule has 96 valence electrons. The summed E-state index contributed by atoms with van der Waals surface area (Å²) in [6.45, 7) is 2.13. The molecule has 2 aromatic rings. The second-order valence-corrected chi connectivity index (χ2v) is 4.72. The molecule has 2 rings (SSSR count). The van der Waals surface area contributed by atoms with E-state index in [0.717, 1.165) is 12.8 Å². The van der Waals surface area contributed by atoms with Gasteiger partial charge in [0.25, 0.3) is 0 Å². The lowest BCUT2D eigenvalue weighted by Crippen LogP contribution is -2.38. The van der Waals surface area contributed by atoms with Crippen molar-refractivity contribution >= 4 is 0 Å². The molecule has 0 saturated carbocycles. The smallest absolute Gasteiger partial charge is 0.0522 e. The van der Waals surface area contributed by atoms with E-state index in [1.807, 2.05) is 24.1 Å². The van der Waals surface area contributed by atoms with Crippen LogP contribution in [0.1, 0.15) is 16.7 Å². The number of nitrogens with zero attached hydrogens (tertiary/aromatic N) is 2. The maximum Gasteiger partial charge on any atom is 0.0522 e. The third kappa shape index (κ3) is 3.18. The number of hydrogen-bond donors (Lipinski definition) is 2. The number of hydrogen-bond acceptors (Lipinski definition) is 3. The average Bonchev–Trinajstić information content (AvgIpc) is 2.76. The summed E-state index contributed by atoms with van der Waals surface area (Å²) < 4.78 is 1.82. The van der Waals surface area contributed by atoms with Crippen LogP contribution in [0.25, 0.3) is 0 Å². The third-order valence-corrected chi connectivity index (χ3v) is 3.20. The third-order valence-electron chi connectivity index (χ3n) is 3.20. The molecule has 4 nitrogen and oxygen atoms in total. The molecule has 1 unspecified atom stereocenters. The van der Waals surface area contributed by atoms with Crippen LogP contribution < -0.4 is 11.3 Å². The van der Waals surface area contributed by atoms with Gasteiger partial charge in [-0.25, -0.2) is 0 Å². The van der Waals surface area contributed by atoms with Crippen molar-refractivity contribution < 1.29 is 0 Å². The molecule has 0 aliphatic carbocycles. The fraction of sp³-hybridized carbons (Fsp3) is 0.357. The van der Waals surface area contributed by atoms with Crippen LogP contribution in [0, 0.1) is 6.92 Å². The molecule has 0 bridgehead atoms. The zero-order valence-corrected chi connectivity index (χ0v) is 10.9. The summed E-state index contributed by atoms with van der Waals surface area (Å²) in [6.07, 6.45) is 5.74. The molecule has 1 aromatic heterocycles. The Morgan fingerprint density at radius 3 is 2.72 bits per heavy atom. The van der Waals surface area contributed by atoms with Crippen LogP contribution in [-0.4, -0.2) is 15.8 Å². The highest BCUT2D eigenvalue weighted by molar-refractivity contribution is 5.26. The molecule has 0 saturated heterocycles. The first-order valence-electron chi connectivity index (χ1n) is 6.17. The van der Waals surface area contributed by atoms with Crippen LogP contribution in [0.5, 0.6) is 0 Å². The van der Waals surface area contributed by atoms with Crippen molar-refractivity contribution in [1.29, 1.82) is 0 Å². The first kappa shape index (κ1) is 12.8. The Hall–Kier alpha value is -1.65. The van der Waals surface area contributed by atoms with Crippen molar-refractivity contribution in [2.24, 2.45) is 12.9 Å². The molecule has 0 amide bonds. The van der Waals surface area contributed by atoms with E-state index in [9.17, 15) is 0 Å². The normalized spacial score (nSPS) is 12.6. The van der Waals surface area contributed by atoms with Crippen molar-refractivity contribution in [3.63, 3.8) is 0 Å². The molecule has 0 aliphatic heterocycles. The van der Waals surface area contributed by atoms with E-state index in [1.54, 1.807) is 0 Å². The SMILES string of the molecule is Cc1ccccc1CC(Cc1cnn(C)c1)NN. The van der Waals surface area contributed by atoms with Crippen LogP contribution in [0.4, 0.5) is 0 Å². The molecule has 0 spiro atoms. The van der Waals surface area contributed by atoms with Crippen molar-refractivity contribution in [2.45, 2.75) is 25.8 Å². The maximum atomic E-state index is 5.65. The van der Waals surface area contributed by atoms with E-state index >= 15 is 0 Å². The highest BCUT2D eigenvalue weighted by atomic mass is 15.2. The molecule has 1 atom stereocenters. The zero-order valence-electron chi connectivity index (χ0n) is 10.9. The monoisotopic (exact) mass is 244 g/mol. The number of aromatic nitrogens is 2. The number of benzene rings is 1. The summed E-state index contributed by atoms with van der Waals surface area (Å²) in [7, 11) is 1.93. The number of nitrogens with two attached hydrogens (primary N) is 1. The van der Waals surface area contributed by atoms with Gasteiger partial charge in [0.1, 0.15) is 0 Å². The zero-order chi connectivity index (χ0) is 13.0. The van der Waals surface area contributed by atoms with E-state index in [1.165, 1.54) is 16.7 Å². The largest absolute Gasteiger partial charge is 0.276 e. The van der Waals surface area contributed by atoms with Gasteiger partial charge in [0.15, 0.2) is 0 Å². The second kappa shape index (κ2) is 5.80. The van der Waals surface area contributed by atoms with Gasteiger partial charge < -0.3 is 0 Å². The Morgan fingerprint density at radius 2 is 2.11 bits per heavy atom. The summed E-state index contributed by atoms with van der Waals surface area (Å²) in [6, 6.07) is 8.65. The van der Waals surface area contributed by atoms with Crippen molar-refractivity contribution in [1.82, 2.24) is 15.2 Å². The van der Waals surface area contributed by atoms with E-state index < -0.39 is 0 Å². The van der Waals surface area contributed by atoms with Gasteiger partial charge in [0.05, 0.1) is 6.20 Å². The van der Waals surface area contributed by atoms with Crippen LogP contribution in [0.2, 0.25) is 0 Å². The fourth-order valence-corrected chi connectivity index (χ4v) is 2.16. The van der Waals surface area contributed by atoms with Crippen molar-refractivity contribution in [3.8, 4) is 0 Å². The minimum Gasteiger partial charge on any atom is -0.276 e. The predicted octanol–water partition coefficient (Wildman–Crippen LogP) is 1.35. The second-order valence-electron chi connectivity index (χ2n) is 4.72. The molecule has 0 radical (unpaired) electrons. The van der Waals surface area contributed by atoms with Crippen LogP contribution >= 0.6 is 0 Å². The van der Waals surface area contributed by atoms with Gasteiger partial charge in [0, 0.05) is 19.3 Å². The number of nitrogens with one attached hydrogen (secondary N) is 1. The van der Waals surface area contributed by atoms with Crippen LogP contribution in [0.3, 0.4) is 0 Å². The van der Waals surface area contributed by atoms with E-state index in [-0.39, 0.29) is 6.04 Å². The van der Waals surface area contributed by atoms with Gasteiger partial charge in [-0.3, -0.25) is 16.0 Å². The molecular weight excluding hydrogens is 224 g/mol. The lowest BCUT2D eigenvalue weighted by Gasteiger charge is -2.16. The molecule has 3 N–H and O–H groups in total. The Morgan fingerprint density at radius 1 is 1.33 bits per heavy atom. The summed E-state index contributed by atoms with van der Waals surface area (Å²) in [5, 5.41) is 4.18. The Kier molecular flexibility index (Phi) is 4.12. The molecular formula is C14H20N4. The molecule has 18 heavy (non-hydrogen) atoms. The van der Waals surface area contributed by atoms with Crippen molar-refractivity contribution in [2.75, 3.05) is 0 Å². The predicted molar refractivity (Wildman–Crippen MR) is 72.9 cm³/mol. The fourth-order valence-electron chi connectivity index (χ4n) is 2.16. The van der Waals surface area contributed by atoms with Gasteiger partial charge in [-0.05, 0) is 36.5 Å². The quantitative estimate of drug-likeness (QED) is 0.616. The maximum absolute atomic E-state index is 5.65. The Balaban J connectivity index is 2.04. The summed E-state index contributed by atoms with van der Waals surface area (Å²) >= 11 is 0. The van der Waals surface area contributed by atoms with Gasteiger partial charge in [-0.15, -0.1) is 0 Å². The van der Waals surface area contributed by atoms with Gasteiger partial charge in [-0.1, -0.05) is 24.3 Å². The van der Waals surface area contributed by atoms with Gasteiger partial charge in [-0.2, -0.15) is 5.10 Å². The number of hydrazine groups is 1. The summed E-state index contributed by atoms with van der Waals surface area (Å²) in [4.78, 5) is 0. The first-order valence-corrected chi connectivity index (χ1v) is 6.17. The van der Waals surface area contributed by atoms with E-state index in [2.05, 4.69) is 41.7 Å². The molecule has 1 heterocycles. The molecule has 0 fully saturated rings. The molecule has 4 heteroatoms. The van der Waals surface area contributed by atoms with Gasteiger partial charge >= 0.3 is 0 Å². The minimum atomic E-state index is 0.232. The Bertz CT molecular complexity index is 504. The standard InChI is InChI=1S/C14H20N4/c1-11-5-3-4-6-13(11)8-14(17-15)7-12-9-16-18(2)10-12/h3-6,9-10,14,17H,7-8,15H2,1-2H3. The summed E-state index contributed by atoms with van der Waals surface area (Å²) in [5.74, 6) is 5.65.